The molecule has 146 valence electrons. The van der Waals surface area contributed by atoms with Crippen LogP contribution >= 0.6 is 0 Å². The molecule has 7 heteroatoms. The lowest BCUT2D eigenvalue weighted by Gasteiger charge is -2.10. The third-order valence-electron chi connectivity index (χ3n) is 3.66. The molecule has 0 atom stereocenters. The molecular weight excluding hydrogens is 360 g/mol. The summed E-state index contributed by atoms with van der Waals surface area (Å²) in [6.45, 7) is 2.84. The van der Waals surface area contributed by atoms with E-state index in [2.05, 4.69) is 10.6 Å². The summed E-state index contributed by atoms with van der Waals surface area (Å²) >= 11 is 0. The van der Waals surface area contributed by atoms with Gasteiger partial charge in [0.15, 0.2) is 12.4 Å². The summed E-state index contributed by atoms with van der Waals surface area (Å²) in [4.78, 5) is 48.3. The first-order valence-electron chi connectivity index (χ1n) is 8.80. The van der Waals surface area contributed by atoms with E-state index in [1.807, 2.05) is 0 Å². The minimum atomic E-state index is -0.790. The van der Waals surface area contributed by atoms with E-state index in [1.165, 1.54) is 12.1 Å². The lowest BCUT2D eigenvalue weighted by atomic mass is 9.98. The van der Waals surface area contributed by atoms with Crippen LogP contribution in [0.4, 0.5) is 0 Å². The lowest BCUT2D eigenvalue weighted by Crippen LogP contribution is -2.41. The molecule has 0 heterocycles. The van der Waals surface area contributed by atoms with E-state index in [9.17, 15) is 19.2 Å². The normalized spacial score (nSPS) is 10.2. The monoisotopic (exact) mass is 382 g/mol. The molecule has 2 amide bonds. The van der Waals surface area contributed by atoms with Crippen molar-refractivity contribution in [1.29, 1.82) is 0 Å². The molecule has 0 bridgehead atoms. The van der Waals surface area contributed by atoms with Crippen molar-refractivity contribution in [2.24, 2.45) is 0 Å². The maximum atomic E-state index is 12.6. The SMILES string of the molecule is CC(C)NC(=O)CNC(=O)COC(=O)c1ccccc1C(=O)c1ccccc1. The number of carbonyl (C=O) groups excluding carboxylic acids is 4. The van der Waals surface area contributed by atoms with Crippen LogP contribution in [0, 0.1) is 0 Å². The third-order valence-corrected chi connectivity index (χ3v) is 3.66. The molecule has 0 aromatic heterocycles. The molecule has 0 spiro atoms. The van der Waals surface area contributed by atoms with Gasteiger partial charge in [-0.2, -0.15) is 0 Å². The summed E-state index contributed by atoms with van der Waals surface area (Å²) in [5.41, 5.74) is 0.703. The number of esters is 1. The second-order valence-electron chi connectivity index (χ2n) is 6.32. The number of ether oxygens (including phenoxy) is 1. The van der Waals surface area contributed by atoms with Gasteiger partial charge in [0.05, 0.1) is 12.1 Å². The second kappa shape index (κ2) is 10.0. The zero-order chi connectivity index (χ0) is 20.5. The molecule has 0 radical (unpaired) electrons. The number of ketones is 1. The first-order valence-corrected chi connectivity index (χ1v) is 8.80. The highest BCUT2D eigenvalue weighted by Gasteiger charge is 2.19. The van der Waals surface area contributed by atoms with Gasteiger partial charge in [0.2, 0.25) is 5.91 Å². The molecule has 0 aliphatic heterocycles. The van der Waals surface area contributed by atoms with Gasteiger partial charge in [-0.3, -0.25) is 14.4 Å². The molecule has 7 nitrogen and oxygen atoms in total. The fraction of sp³-hybridized carbons (Fsp3) is 0.238. The quantitative estimate of drug-likeness (QED) is 0.535. The van der Waals surface area contributed by atoms with Crippen LogP contribution in [0.1, 0.15) is 40.1 Å². The van der Waals surface area contributed by atoms with Crippen LogP contribution < -0.4 is 10.6 Å². The van der Waals surface area contributed by atoms with Gasteiger partial charge < -0.3 is 15.4 Å². The van der Waals surface area contributed by atoms with Gasteiger partial charge in [0.25, 0.3) is 5.91 Å². The maximum Gasteiger partial charge on any atom is 0.339 e. The Morgan fingerprint density at radius 2 is 1.46 bits per heavy atom. The van der Waals surface area contributed by atoms with E-state index in [-0.39, 0.29) is 35.4 Å². The molecule has 2 N–H and O–H groups in total. The largest absolute Gasteiger partial charge is 0.452 e. The van der Waals surface area contributed by atoms with Gasteiger partial charge in [-0.05, 0) is 19.9 Å². The predicted octanol–water partition coefficient (Wildman–Crippen LogP) is 1.72. The highest BCUT2D eigenvalue weighted by molar-refractivity contribution is 6.14. The van der Waals surface area contributed by atoms with Crippen molar-refractivity contribution < 1.29 is 23.9 Å². The number of rotatable bonds is 8. The van der Waals surface area contributed by atoms with Crippen LogP contribution in [0.15, 0.2) is 54.6 Å². The predicted molar refractivity (Wildman–Crippen MR) is 103 cm³/mol. The molecule has 0 aliphatic rings. The molecular formula is C21H22N2O5. The fourth-order valence-electron chi connectivity index (χ4n) is 2.42. The van der Waals surface area contributed by atoms with Gasteiger partial charge >= 0.3 is 5.97 Å². The second-order valence-corrected chi connectivity index (χ2v) is 6.32. The minimum absolute atomic E-state index is 0.0408. The summed E-state index contributed by atoms with van der Waals surface area (Å²) in [6.07, 6.45) is 0. The topological polar surface area (TPSA) is 102 Å². The van der Waals surface area contributed by atoms with E-state index < -0.39 is 18.5 Å². The van der Waals surface area contributed by atoms with Crippen LogP contribution in [0.2, 0.25) is 0 Å². The number of hydrogen-bond acceptors (Lipinski definition) is 5. The number of carbonyl (C=O) groups is 4. The molecule has 0 fully saturated rings. The van der Waals surface area contributed by atoms with E-state index in [0.29, 0.717) is 5.56 Å². The Labute approximate surface area is 163 Å². The number of benzene rings is 2. The molecule has 28 heavy (non-hydrogen) atoms. The summed E-state index contributed by atoms with van der Waals surface area (Å²) in [5.74, 6) is -2.06. The summed E-state index contributed by atoms with van der Waals surface area (Å²) in [5, 5.41) is 4.99. The Balaban J connectivity index is 1.97. The zero-order valence-corrected chi connectivity index (χ0v) is 15.7. The molecule has 0 saturated carbocycles. The highest BCUT2D eigenvalue weighted by atomic mass is 16.5. The first kappa shape index (κ1) is 20.8. The average Bonchev–Trinajstić information content (AvgIpc) is 2.70. The molecule has 0 aliphatic carbocycles. The van der Waals surface area contributed by atoms with Gasteiger partial charge in [-0.15, -0.1) is 0 Å². The average molecular weight is 382 g/mol. The van der Waals surface area contributed by atoms with E-state index >= 15 is 0 Å². The van der Waals surface area contributed by atoms with Crippen LogP contribution in [0.25, 0.3) is 0 Å². The lowest BCUT2D eigenvalue weighted by molar-refractivity contribution is -0.128. The van der Waals surface area contributed by atoms with Gasteiger partial charge in [0.1, 0.15) is 0 Å². The standard InChI is InChI=1S/C21H22N2O5/c1-14(2)23-18(24)12-22-19(25)13-28-21(27)17-11-7-6-10-16(17)20(26)15-8-4-3-5-9-15/h3-11,14H,12-13H2,1-2H3,(H,22,25)(H,23,24). The van der Waals surface area contributed by atoms with Crippen molar-refractivity contribution in [1.82, 2.24) is 10.6 Å². The first-order chi connectivity index (χ1) is 13.4. The van der Waals surface area contributed by atoms with E-state index in [0.717, 1.165) is 0 Å². The summed E-state index contributed by atoms with van der Waals surface area (Å²) in [6, 6.07) is 14.8. The molecule has 0 unspecified atom stereocenters. The highest BCUT2D eigenvalue weighted by Crippen LogP contribution is 2.15. The Bertz CT molecular complexity index is 862. The van der Waals surface area contributed by atoms with Crippen molar-refractivity contribution in [2.75, 3.05) is 13.2 Å². The van der Waals surface area contributed by atoms with Gasteiger partial charge in [-0.1, -0.05) is 48.5 Å². The smallest absolute Gasteiger partial charge is 0.339 e. The molecule has 2 aromatic rings. The summed E-state index contributed by atoms with van der Waals surface area (Å²) in [7, 11) is 0. The number of hydrogen-bond donors (Lipinski definition) is 2. The molecule has 2 rings (SSSR count). The van der Waals surface area contributed by atoms with E-state index in [4.69, 9.17) is 4.74 Å². The van der Waals surface area contributed by atoms with Crippen molar-refractivity contribution in [2.45, 2.75) is 19.9 Å². The Morgan fingerprint density at radius 3 is 2.11 bits per heavy atom. The van der Waals surface area contributed by atoms with Crippen LogP contribution in [0.3, 0.4) is 0 Å². The van der Waals surface area contributed by atoms with Crippen molar-refractivity contribution in [3.63, 3.8) is 0 Å². The van der Waals surface area contributed by atoms with E-state index in [1.54, 1.807) is 56.3 Å². The Kier molecular flexibility index (Phi) is 7.45. The third kappa shape index (κ3) is 6.05. The van der Waals surface area contributed by atoms with Gasteiger partial charge in [-0.25, -0.2) is 4.79 Å². The van der Waals surface area contributed by atoms with Crippen molar-refractivity contribution in [3.05, 3.63) is 71.3 Å². The number of nitrogens with one attached hydrogen (secondary N) is 2. The molecule has 2 aromatic carbocycles. The fourth-order valence-corrected chi connectivity index (χ4v) is 2.42. The zero-order valence-electron chi connectivity index (χ0n) is 15.7. The Hall–Kier alpha value is -3.48. The minimum Gasteiger partial charge on any atom is -0.452 e. The van der Waals surface area contributed by atoms with Crippen LogP contribution in [0.5, 0.6) is 0 Å². The number of amides is 2. The van der Waals surface area contributed by atoms with Crippen LogP contribution in [-0.2, 0) is 14.3 Å². The maximum absolute atomic E-state index is 12.6. The summed E-state index contributed by atoms with van der Waals surface area (Å²) < 4.78 is 5.00. The van der Waals surface area contributed by atoms with Crippen molar-refractivity contribution >= 4 is 23.6 Å². The molecule has 0 saturated heterocycles. The Morgan fingerprint density at radius 1 is 0.857 bits per heavy atom. The van der Waals surface area contributed by atoms with Gasteiger partial charge in [0, 0.05) is 17.2 Å². The van der Waals surface area contributed by atoms with Crippen molar-refractivity contribution in [3.8, 4) is 0 Å². The van der Waals surface area contributed by atoms with Crippen LogP contribution in [-0.4, -0.2) is 42.8 Å².